The highest BCUT2D eigenvalue weighted by Gasteiger charge is 2.23. The van der Waals surface area contributed by atoms with E-state index >= 15 is 0 Å². The number of ether oxygens (including phenoxy) is 2. The zero-order chi connectivity index (χ0) is 21.5. The van der Waals surface area contributed by atoms with Gasteiger partial charge in [-0.25, -0.2) is 9.59 Å². The first kappa shape index (κ1) is 20.9. The van der Waals surface area contributed by atoms with Crippen LogP contribution in [0.15, 0.2) is 60.8 Å². The Morgan fingerprint density at radius 3 is 2.40 bits per heavy atom. The van der Waals surface area contributed by atoms with Gasteiger partial charge in [0.1, 0.15) is 18.7 Å². The summed E-state index contributed by atoms with van der Waals surface area (Å²) in [7, 11) is 0. The molecule has 0 aliphatic rings. The number of hydrogen-bond donors (Lipinski definition) is 3. The number of esters is 1. The molecule has 3 rings (SSSR count). The van der Waals surface area contributed by atoms with Crippen LogP contribution in [0.5, 0.6) is 5.75 Å². The third-order valence-electron chi connectivity index (χ3n) is 4.41. The van der Waals surface area contributed by atoms with Crippen LogP contribution in [0.2, 0.25) is 0 Å². The Morgan fingerprint density at radius 2 is 1.63 bits per heavy atom. The molecule has 8 nitrogen and oxygen atoms in total. The Hall–Kier alpha value is -3.81. The van der Waals surface area contributed by atoms with Crippen molar-refractivity contribution in [1.82, 2.24) is 15.6 Å². The summed E-state index contributed by atoms with van der Waals surface area (Å²) in [6.07, 6.45) is 0.861. The van der Waals surface area contributed by atoms with E-state index in [9.17, 15) is 14.4 Å². The summed E-state index contributed by atoms with van der Waals surface area (Å²) in [6, 6.07) is 14.8. The molecule has 0 unspecified atom stereocenters. The molecule has 2 atom stereocenters. The van der Waals surface area contributed by atoms with Gasteiger partial charge < -0.3 is 25.1 Å². The van der Waals surface area contributed by atoms with Crippen molar-refractivity contribution < 1.29 is 23.9 Å². The standard InChI is InChI=1S/C22H23N3O5/c1-14(25-22(28)29-13-16-8-4-3-5-9-16)20(26)24-15(2)21(27)30-19-12-23-18-11-7-6-10-17(18)19/h3-12,14-15,23H,13H2,1-2H3,(H,24,26)(H,25,28)/t14-,15-/m0/s1. The Morgan fingerprint density at radius 1 is 0.933 bits per heavy atom. The molecular formula is C22H23N3O5. The third kappa shape index (κ3) is 5.38. The molecule has 0 saturated carbocycles. The van der Waals surface area contributed by atoms with Crippen LogP contribution in [0.25, 0.3) is 10.9 Å². The van der Waals surface area contributed by atoms with Crippen molar-refractivity contribution in [3.63, 3.8) is 0 Å². The van der Waals surface area contributed by atoms with E-state index in [2.05, 4.69) is 15.6 Å². The Labute approximate surface area is 173 Å². The highest BCUT2D eigenvalue weighted by atomic mass is 16.5. The number of carbonyl (C=O) groups is 3. The summed E-state index contributed by atoms with van der Waals surface area (Å²) in [6.45, 7) is 3.10. The molecular weight excluding hydrogens is 386 g/mol. The number of fused-ring (bicyclic) bond motifs is 1. The quantitative estimate of drug-likeness (QED) is 0.520. The molecule has 2 aromatic carbocycles. The maximum atomic E-state index is 12.3. The van der Waals surface area contributed by atoms with Crippen LogP contribution in [0.1, 0.15) is 19.4 Å². The van der Waals surface area contributed by atoms with Crippen molar-refractivity contribution in [3.8, 4) is 5.75 Å². The molecule has 0 bridgehead atoms. The number of aromatic amines is 1. The number of amides is 2. The summed E-state index contributed by atoms with van der Waals surface area (Å²) in [5.41, 5.74) is 1.67. The minimum absolute atomic E-state index is 0.0916. The normalized spacial score (nSPS) is 12.6. The molecule has 0 aliphatic heterocycles. The van der Waals surface area contributed by atoms with E-state index in [4.69, 9.17) is 9.47 Å². The highest BCUT2D eigenvalue weighted by molar-refractivity contribution is 5.92. The Balaban J connectivity index is 1.46. The van der Waals surface area contributed by atoms with E-state index < -0.39 is 30.1 Å². The molecule has 8 heteroatoms. The smallest absolute Gasteiger partial charge is 0.408 e. The second-order valence-electron chi connectivity index (χ2n) is 6.78. The average molecular weight is 409 g/mol. The molecule has 1 heterocycles. The van der Waals surface area contributed by atoms with E-state index in [1.165, 1.54) is 13.8 Å². The zero-order valence-corrected chi connectivity index (χ0v) is 16.7. The van der Waals surface area contributed by atoms with E-state index in [1.807, 2.05) is 54.6 Å². The van der Waals surface area contributed by atoms with Gasteiger partial charge in [0.25, 0.3) is 0 Å². The summed E-state index contributed by atoms with van der Waals surface area (Å²) >= 11 is 0. The van der Waals surface area contributed by atoms with E-state index in [0.29, 0.717) is 5.75 Å². The van der Waals surface area contributed by atoms with Crippen molar-refractivity contribution in [2.75, 3.05) is 0 Å². The molecule has 3 aromatic rings. The van der Waals surface area contributed by atoms with Gasteiger partial charge in [0.2, 0.25) is 5.91 Å². The summed E-state index contributed by atoms with van der Waals surface area (Å²) in [5.74, 6) is -0.769. The fourth-order valence-corrected chi connectivity index (χ4v) is 2.73. The van der Waals surface area contributed by atoms with E-state index in [1.54, 1.807) is 6.20 Å². The maximum absolute atomic E-state index is 12.3. The minimum atomic E-state index is -0.907. The number of hydrogen-bond acceptors (Lipinski definition) is 5. The van der Waals surface area contributed by atoms with Crippen LogP contribution in [0.4, 0.5) is 4.79 Å². The highest BCUT2D eigenvalue weighted by Crippen LogP contribution is 2.25. The molecule has 2 amide bonds. The Bertz CT molecular complexity index is 1030. The van der Waals surface area contributed by atoms with Crippen molar-refractivity contribution >= 4 is 28.9 Å². The number of carbonyl (C=O) groups excluding carboxylic acids is 3. The number of rotatable bonds is 7. The number of benzene rings is 2. The van der Waals surface area contributed by atoms with Gasteiger partial charge in [-0.15, -0.1) is 0 Å². The van der Waals surface area contributed by atoms with Gasteiger partial charge in [0.15, 0.2) is 5.75 Å². The minimum Gasteiger partial charge on any atom is -0.445 e. The van der Waals surface area contributed by atoms with E-state index in [-0.39, 0.29) is 6.61 Å². The summed E-state index contributed by atoms with van der Waals surface area (Å²) in [5, 5.41) is 5.72. The lowest BCUT2D eigenvalue weighted by atomic mass is 10.2. The molecule has 0 aliphatic carbocycles. The molecule has 3 N–H and O–H groups in total. The topological polar surface area (TPSA) is 110 Å². The number of H-pyrrole nitrogens is 1. The van der Waals surface area contributed by atoms with Crippen LogP contribution < -0.4 is 15.4 Å². The lowest BCUT2D eigenvalue weighted by Crippen LogP contribution is -2.50. The summed E-state index contributed by atoms with van der Waals surface area (Å²) < 4.78 is 10.5. The van der Waals surface area contributed by atoms with Crippen molar-refractivity contribution in [2.45, 2.75) is 32.5 Å². The number of aromatic nitrogens is 1. The van der Waals surface area contributed by atoms with Gasteiger partial charge in [0.05, 0.1) is 0 Å². The first-order valence-corrected chi connectivity index (χ1v) is 9.49. The van der Waals surface area contributed by atoms with Gasteiger partial charge >= 0.3 is 12.1 Å². The van der Waals surface area contributed by atoms with Crippen LogP contribution >= 0.6 is 0 Å². The maximum Gasteiger partial charge on any atom is 0.408 e. The lowest BCUT2D eigenvalue weighted by Gasteiger charge is -2.17. The van der Waals surface area contributed by atoms with Crippen LogP contribution in [-0.4, -0.2) is 35.0 Å². The van der Waals surface area contributed by atoms with Crippen LogP contribution in [0, 0.1) is 0 Å². The van der Waals surface area contributed by atoms with Gasteiger partial charge in [-0.2, -0.15) is 0 Å². The first-order valence-electron chi connectivity index (χ1n) is 9.49. The van der Waals surface area contributed by atoms with Gasteiger partial charge in [-0.05, 0) is 31.5 Å². The second-order valence-corrected chi connectivity index (χ2v) is 6.78. The summed E-state index contributed by atoms with van der Waals surface area (Å²) in [4.78, 5) is 39.5. The van der Waals surface area contributed by atoms with Gasteiger partial charge in [-0.1, -0.05) is 42.5 Å². The van der Waals surface area contributed by atoms with Crippen LogP contribution in [-0.2, 0) is 20.9 Å². The molecule has 0 fully saturated rings. The van der Waals surface area contributed by atoms with Crippen molar-refractivity contribution in [3.05, 3.63) is 66.4 Å². The fraction of sp³-hybridized carbons (Fsp3) is 0.227. The van der Waals surface area contributed by atoms with E-state index in [0.717, 1.165) is 16.5 Å². The molecule has 0 saturated heterocycles. The van der Waals surface area contributed by atoms with Crippen molar-refractivity contribution in [1.29, 1.82) is 0 Å². The third-order valence-corrected chi connectivity index (χ3v) is 4.41. The first-order chi connectivity index (χ1) is 14.4. The number of nitrogens with one attached hydrogen (secondary N) is 3. The fourth-order valence-electron chi connectivity index (χ4n) is 2.73. The van der Waals surface area contributed by atoms with Gasteiger partial charge in [0, 0.05) is 17.1 Å². The predicted octanol–water partition coefficient (Wildman–Crippen LogP) is 2.89. The monoisotopic (exact) mass is 409 g/mol. The molecule has 156 valence electrons. The van der Waals surface area contributed by atoms with Gasteiger partial charge in [-0.3, -0.25) is 4.79 Å². The lowest BCUT2D eigenvalue weighted by molar-refractivity contribution is -0.139. The molecule has 1 aromatic heterocycles. The average Bonchev–Trinajstić information content (AvgIpc) is 3.15. The molecule has 0 spiro atoms. The SMILES string of the molecule is C[C@H](NC(=O)OCc1ccccc1)C(=O)N[C@@H](C)C(=O)Oc1c[nH]c2ccccc12. The Kier molecular flexibility index (Phi) is 6.69. The van der Waals surface area contributed by atoms with Crippen LogP contribution in [0.3, 0.4) is 0 Å². The number of para-hydroxylation sites is 1. The predicted molar refractivity (Wildman–Crippen MR) is 111 cm³/mol. The second kappa shape index (κ2) is 9.60. The van der Waals surface area contributed by atoms with Crippen molar-refractivity contribution in [2.24, 2.45) is 0 Å². The molecule has 0 radical (unpaired) electrons. The zero-order valence-electron chi connectivity index (χ0n) is 16.7. The number of alkyl carbamates (subject to hydrolysis) is 1. The molecule has 30 heavy (non-hydrogen) atoms. The largest absolute Gasteiger partial charge is 0.445 e.